The average Bonchev–Trinajstić information content (AvgIpc) is 3.16. The summed E-state index contributed by atoms with van der Waals surface area (Å²) in [7, 11) is 0. The second-order valence-electron chi connectivity index (χ2n) is 8.45. The lowest BCUT2D eigenvalue weighted by molar-refractivity contribution is -0.119. The van der Waals surface area contributed by atoms with Crippen molar-refractivity contribution in [2.75, 3.05) is 19.6 Å². The number of carbonyl (C=O) groups excluding carboxylic acids is 1. The van der Waals surface area contributed by atoms with E-state index in [1.165, 1.54) is 25.3 Å². The topological polar surface area (TPSA) is 69.9 Å². The van der Waals surface area contributed by atoms with Crippen LogP contribution in [0.4, 0.5) is 4.39 Å². The van der Waals surface area contributed by atoms with Crippen molar-refractivity contribution in [1.29, 1.82) is 0 Å². The molecule has 2 aromatic carbocycles. The Bertz CT molecular complexity index is 1100. The molecule has 0 spiro atoms. The molecule has 1 fully saturated rings. The van der Waals surface area contributed by atoms with Gasteiger partial charge in [-0.2, -0.15) is 0 Å². The minimum Gasteiger partial charge on any atom is -0.411 e. The lowest BCUT2D eigenvalue weighted by atomic mass is 10.0. The first-order chi connectivity index (χ1) is 15.5. The fourth-order valence-electron chi connectivity index (χ4n) is 4.49. The van der Waals surface area contributed by atoms with Crippen LogP contribution in [0, 0.1) is 5.82 Å². The number of halogens is 1. The van der Waals surface area contributed by atoms with E-state index in [9.17, 15) is 9.18 Å². The number of hydrogen-bond donors (Lipinski definition) is 2. The summed E-state index contributed by atoms with van der Waals surface area (Å²) in [6.45, 7) is 4.97. The van der Waals surface area contributed by atoms with Crippen LogP contribution in [0.3, 0.4) is 0 Å². The van der Waals surface area contributed by atoms with Crippen LogP contribution in [0.2, 0.25) is 0 Å². The lowest BCUT2D eigenvalue weighted by Gasteiger charge is -2.33. The van der Waals surface area contributed by atoms with Gasteiger partial charge in [-0.3, -0.25) is 4.79 Å². The summed E-state index contributed by atoms with van der Waals surface area (Å²) < 4.78 is 15.4. The summed E-state index contributed by atoms with van der Waals surface area (Å²) in [4.78, 5) is 13.8. The van der Waals surface area contributed by atoms with Crippen molar-refractivity contribution in [3.8, 4) is 0 Å². The van der Waals surface area contributed by atoms with Crippen molar-refractivity contribution >= 4 is 23.0 Å². The van der Waals surface area contributed by atoms with Crippen LogP contribution in [0.25, 0.3) is 10.9 Å². The molecule has 7 heteroatoms. The van der Waals surface area contributed by atoms with Crippen molar-refractivity contribution in [3.05, 3.63) is 71.2 Å². The van der Waals surface area contributed by atoms with Crippen molar-refractivity contribution in [2.45, 2.75) is 38.8 Å². The number of likely N-dealkylation sites (tertiary alicyclic amines) is 1. The van der Waals surface area contributed by atoms with Crippen LogP contribution in [0.1, 0.15) is 42.5 Å². The lowest BCUT2D eigenvalue weighted by Crippen LogP contribution is -2.35. The van der Waals surface area contributed by atoms with Gasteiger partial charge in [0, 0.05) is 61.8 Å². The zero-order valence-corrected chi connectivity index (χ0v) is 18.3. The van der Waals surface area contributed by atoms with Gasteiger partial charge in [-0.15, -0.1) is 0 Å². The molecule has 0 atom stereocenters. The number of nitrogens with zero attached hydrogens (tertiary/aromatic N) is 3. The van der Waals surface area contributed by atoms with E-state index >= 15 is 0 Å². The Kier molecular flexibility index (Phi) is 6.85. The zero-order chi connectivity index (χ0) is 22.5. The second kappa shape index (κ2) is 9.96. The molecule has 1 saturated heterocycles. The number of rotatable bonds is 7. The fraction of sp³-hybridized carbons (Fsp3) is 0.360. The highest BCUT2D eigenvalue weighted by atomic mass is 19.1. The van der Waals surface area contributed by atoms with Gasteiger partial charge in [-0.05, 0) is 48.6 Å². The van der Waals surface area contributed by atoms with E-state index in [1.54, 1.807) is 0 Å². The first kappa shape index (κ1) is 22.0. The second-order valence-corrected chi connectivity index (χ2v) is 8.45. The quantitative estimate of drug-likeness (QED) is 0.333. The van der Waals surface area contributed by atoms with Crippen LogP contribution in [-0.4, -0.2) is 46.4 Å². The maximum absolute atomic E-state index is 13.1. The Morgan fingerprint density at radius 3 is 2.59 bits per heavy atom. The predicted molar refractivity (Wildman–Crippen MR) is 124 cm³/mol. The highest BCUT2D eigenvalue weighted by Gasteiger charge is 2.22. The van der Waals surface area contributed by atoms with Gasteiger partial charge >= 0.3 is 0 Å². The van der Waals surface area contributed by atoms with Crippen molar-refractivity contribution in [3.63, 3.8) is 0 Å². The van der Waals surface area contributed by atoms with Crippen LogP contribution < -0.4 is 5.32 Å². The standard InChI is InChI=1S/C25H29FN4O2/c1-18(31)27-15-20-4-7-24-21(16-28-32)17-30(25(24)14-20)23-9-12-29(13-10-23)11-8-19-2-5-22(26)6-3-19/h2-7,14,16-17,23,32H,8-13,15H2,1H3,(H,27,31)/b28-16+. The summed E-state index contributed by atoms with van der Waals surface area (Å²) in [5.41, 5.74) is 4.17. The van der Waals surface area contributed by atoms with E-state index in [-0.39, 0.29) is 11.7 Å². The molecule has 32 heavy (non-hydrogen) atoms. The predicted octanol–water partition coefficient (Wildman–Crippen LogP) is 4.10. The molecular formula is C25H29FN4O2. The molecule has 0 aliphatic carbocycles. The molecule has 1 amide bonds. The Labute approximate surface area is 187 Å². The molecule has 2 heterocycles. The minimum atomic E-state index is -0.195. The Hall–Kier alpha value is -3.19. The van der Waals surface area contributed by atoms with E-state index in [0.717, 1.165) is 66.5 Å². The van der Waals surface area contributed by atoms with E-state index in [1.807, 2.05) is 24.3 Å². The van der Waals surface area contributed by atoms with E-state index in [0.29, 0.717) is 12.6 Å². The Morgan fingerprint density at radius 2 is 1.91 bits per heavy atom. The van der Waals surface area contributed by atoms with Gasteiger partial charge in [0.2, 0.25) is 5.91 Å². The van der Waals surface area contributed by atoms with Crippen molar-refractivity contribution in [2.24, 2.45) is 5.16 Å². The van der Waals surface area contributed by atoms with Gasteiger partial charge in [-0.1, -0.05) is 29.4 Å². The van der Waals surface area contributed by atoms with Gasteiger partial charge in [0.05, 0.1) is 6.21 Å². The monoisotopic (exact) mass is 436 g/mol. The SMILES string of the molecule is CC(=O)NCc1ccc2c(/C=N/O)cn(C3CCN(CCc4ccc(F)cc4)CC3)c2c1. The molecule has 2 N–H and O–H groups in total. The van der Waals surface area contributed by atoms with E-state index < -0.39 is 0 Å². The highest BCUT2D eigenvalue weighted by Crippen LogP contribution is 2.30. The first-order valence-corrected chi connectivity index (χ1v) is 11.1. The molecule has 0 bridgehead atoms. The van der Waals surface area contributed by atoms with Crippen LogP contribution in [0.5, 0.6) is 0 Å². The third-order valence-electron chi connectivity index (χ3n) is 6.25. The highest BCUT2D eigenvalue weighted by molar-refractivity contribution is 5.99. The number of aromatic nitrogens is 1. The number of nitrogens with one attached hydrogen (secondary N) is 1. The Balaban J connectivity index is 1.46. The minimum absolute atomic E-state index is 0.0541. The molecule has 3 aromatic rings. The molecule has 4 rings (SSSR count). The smallest absolute Gasteiger partial charge is 0.217 e. The summed E-state index contributed by atoms with van der Waals surface area (Å²) >= 11 is 0. The number of carbonyl (C=O) groups is 1. The summed E-state index contributed by atoms with van der Waals surface area (Å²) in [6.07, 6.45) is 6.51. The molecule has 0 unspecified atom stereocenters. The van der Waals surface area contributed by atoms with Gasteiger partial charge in [0.25, 0.3) is 0 Å². The number of hydrogen-bond acceptors (Lipinski definition) is 4. The molecule has 0 saturated carbocycles. The number of fused-ring (bicyclic) bond motifs is 1. The summed E-state index contributed by atoms with van der Waals surface area (Å²) in [5.74, 6) is -0.249. The van der Waals surface area contributed by atoms with Crippen LogP contribution in [0.15, 0.2) is 53.8 Å². The Morgan fingerprint density at radius 1 is 1.19 bits per heavy atom. The zero-order valence-electron chi connectivity index (χ0n) is 18.3. The number of piperidine rings is 1. The molecule has 6 nitrogen and oxygen atoms in total. The molecule has 1 aliphatic rings. The largest absolute Gasteiger partial charge is 0.411 e. The molecule has 0 radical (unpaired) electrons. The first-order valence-electron chi connectivity index (χ1n) is 11.1. The molecule has 168 valence electrons. The summed E-state index contributed by atoms with van der Waals surface area (Å²) in [6, 6.07) is 13.2. The summed E-state index contributed by atoms with van der Waals surface area (Å²) in [5, 5.41) is 16.2. The van der Waals surface area contributed by atoms with Crippen molar-refractivity contribution < 1.29 is 14.4 Å². The third kappa shape index (κ3) is 5.16. The number of amides is 1. The molecule has 1 aromatic heterocycles. The van der Waals surface area contributed by atoms with Gasteiger partial charge in [0.15, 0.2) is 0 Å². The van der Waals surface area contributed by atoms with E-state index in [2.05, 4.69) is 32.2 Å². The molecular weight excluding hydrogens is 407 g/mol. The van der Waals surface area contributed by atoms with Crippen molar-refractivity contribution in [1.82, 2.24) is 14.8 Å². The normalized spacial score (nSPS) is 15.6. The molecule has 1 aliphatic heterocycles. The maximum Gasteiger partial charge on any atom is 0.217 e. The number of benzene rings is 2. The van der Waals surface area contributed by atoms with Gasteiger partial charge in [-0.25, -0.2) is 4.39 Å². The fourth-order valence-corrected chi connectivity index (χ4v) is 4.49. The van der Waals surface area contributed by atoms with Gasteiger partial charge < -0.3 is 20.0 Å². The third-order valence-corrected chi connectivity index (χ3v) is 6.25. The van der Waals surface area contributed by atoms with E-state index in [4.69, 9.17) is 5.21 Å². The average molecular weight is 437 g/mol. The maximum atomic E-state index is 13.1. The van der Waals surface area contributed by atoms with Crippen LogP contribution >= 0.6 is 0 Å². The van der Waals surface area contributed by atoms with Gasteiger partial charge in [0.1, 0.15) is 5.82 Å². The van der Waals surface area contributed by atoms with Crippen LogP contribution in [-0.2, 0) is 17.8 Å². The number of oxime groups is 1.